The Kier molecular flexibility index (Phi) is 4.84. The summed E-state index contributed by atoms with van der Waals surface area (Å²) in [6.07, 6.45) is 6.58. The number of hydrogen-bond donors (Lipinski definition) is 1. The van der Waals surface area contributed by atoms with E-state index >= 15 is 0 Å². The maximum Gasteiger partial charge on any atom is 0.122 e. The number of ether oxygens (including phenoxy) is 1. The molecule has 1 heterocycles. The van der Waals surface area contributed by atoms with Gasteiger partial charge in [0.05, 0.1) is 6.61 Å². The van der Waals surface area contributed by atoms with Crippen molar-refractivity contribution in [2.75, 3.05) is 19.7 Å². The normalized spacial score (nSPS) is 28.2. The highest BCUT2D eigenvalue weighted by Gasteiger charge is 2.31. The molecule has 2 aliphatic rings. The zero-order chi connectivity index (χ0) is 14.7. The van der Waals surface area contributed by atoms with Crippen molar-refractivity contribution in [1.29, 1.82) is 0 Å². The third-order valence-corrected chi connectivity index (χ3v) is 5.48. The quantitative estimate of drug-likeness (QED) is 0.878. The van der Waals surface area contributed by atoms with Crippen LogP contribution in [-0.4, -0.2) is 19.7 Å². The van der Waals surface area contributed by atoms with E-state index in [0.717, 1.165) is 43.1 Å². The van der Waals surface area contributed by atoms with Crippen LogP contribution in [0.15, 0.2) is 18.2 Å². The summed E-state index contributed by atoms with van der Waals surface area (Å²) in [5, 5.41) is 3.58. The van der Waals surface area contributed by atoms with Crippen molar-refractivity contribution in [3.8, 4) is 5.75 Å². The average Bonchev–Trinajstić information content (AvgIpc) is 3.00. The van der Waals surface area contributed by atoms with Crippen LogP contribution < -0.4 is 10.1 Å². The van der Waals surface area contributed by atoms with E-state index in [9.17, 15) is 0 Å². The molecule has 0 saturated heterocycles. The zero-order valence-corrected chi connectivity index (χ0v) is 13.5. The Labute approximate surface area is 129 Å². The van der Waals surface area contributed by atoms with Crippen molar-refractivity contribution in [2.45, 2.75) is 51.9 Å². The van der Waals surface area contributed by atoms with Gasteiger partial charge in [0.25, 0.3) is 0 Å². The molecule has 0 amide bonds. The second-order valence-electron chi connectivity index (χ2n) is 6.73. The molecule has 1 fully saturated rings. The summed E-state index contributed by atoms with van der Waals surface area (Å²) in [4.78, 5) is 0. The minimum atomic E-state index is 0.730. The van der Waals surface area contributed by atoms with Gasteiger partial charge in [-0.15, -0.1) is 0 Å². The van der Waals surface area contributed by atoms with Gasteiger partial charge >= 0.3 is 0 Å². The second-order valence-corrected chi connectivity index (χ2v) is 6.73. The van der Waals surface area contributed by atoms with Crippen LogP contribution in [0.5, 0.6) is 5.75 Å². The molecule has 0 radical (unpaired) electrons. The number of hydrogen-bond acceptors (Lipinski definition) is 2. The minimum absolute atomic E-state index is 0.730. The highest BCUT2D eigenvalue weighted by atomic mass is 16.5. The van der Waals surface area contributed by atoms with Gasteiger partial charge in [0.15, 0.2) is 0 Å². The van der Waals surface area contributed by atoms with Gasteiger partial charge in [-0.25, -0.2) is 0 Å². The summed E-state index contributed by atoms with van der Waals surface area (Å²) < 4.78 is 5.66. The highest BCUT2D eigenvalue weighted by molar-refractivity contribution is 5.41. The van der Waals surface area contributed by atoms with Crippen LogP contribution in [0.1, 0.15) is 56.6 Å². The Bertz CT molecular complexity index is 471. The van der Waals surface area contributed by atoms with Crippen LogP contribution in [-0.2, 0) is 6.42 Å². The van der Waals surface area contributed by atoms with Gasteiger partial charge in [0.1, 0.15) is 5.75 Å². The van der Waals surface area contributed by atoms with E-state index in [2.05, 4.69) is 37.4 Å². The standard InChI is InChI=1S/C19H29NO/c1-3-14-5-6-17(13-20-4-2)18(11-14)15-7-8-19-16(12-15)9-10-21-19/h7-8,12,14,17-18,20H,3-6,9-11,13H2,1-2H3. The molecule has 1 N–H and O–H groups in total. The first-order valence-corrected chi connectivity index (χ1v) is 8.78. The van der Waals surface area contributed by atoms with Crippen LogP contribution in [0.3, 0.4) is 0 Å². The largest absolute Gasteiger partial charge is 0.493 e. The third-order valence-electron chi connectivity index (χ3n) is 5.48. The number of rotatable bonds is 5. The maximum absolute atomic E-state index is 5.66. The molecular formula is C19H29NO. The summed E-state index contributed by atoms with van der Waals surface area (Å²) in [6.45, 7) is 7.67. The molecule has 0 bridgehead atoms. The first-order valence-electron chi connectivity index (χ1n) is 8.78. The van der Waals surface area contributed by atoms with Crippen LogP contribution >= 0.6 is 0 Å². The van der Waals surface area contributed by atoms with Gasteiger partial charge < -0.3 is 10.1 Å². The lowest BCUT2D eigenvalue weighted by molar-refractivity contribution is 0.226. The molecule has 3 unspecified atom stereocenters. The van der Waals surface area contributed by atoms with E-state index in [4.69, 9.17) is 4.74 Å². The molecule has 1 aromatic carbocycles. The molecule has 1 saturated carbocycles. The second kappa shape index (κ2) is 6.83. The molecule has 3 rings (SSSR count). The van der Waals surface area contributed by atoms with Crippen molar-refractivity contribution < 1.29 is 4.74 Å². The zero-order valence-electron chi connectivity index (χ0n) is 13.5. The summed E-state index contributed by atoms with van der Waals surface area (Å²) in [5.41, 5.74) is 2.98. The van der Waals surface area contributed by atoms with Gasteiger partial charge in [-0.3, -0.25) is 0 Å². The molecule has 1 aromatic rings. The highest BCUT2D eigenvalue weighted by Crippen LogP contribution is 2.42. The number of nitrogens with one attached hydrogen (secondary N) is 1. The summed E-state index contributed by atoms with van der Waals surface area (Å²) in [5.74, 6) is 3.56. The van der Waals surface area contributed by atoms with E-state index < -0.39 is 0 Å². The SMILES string of the molecule is CCNCC1CCC(CC)CC1c1ccc2c(c1)CCO2. The average molecular weight is 287 g/mol. The Balaban J connectivity index is 1.80. The molecule has 0 aromatic heterocycles. The van der Waals surface area contributed by atoms with Gasteiger partial charge in [-0.1, -0.05) is 38.8 Å². The third kappa shape index (κ3) is 3.26. The molecule has 116 valence electrons. The molecule has 2 heteroatoms. The van der Waals surface area contributed by atoms with Gasteiger partial charge in [-0.2, -0.15) is 0 Å². The summed E-state index contributed by atoms with van der Waals surface area (Å²) in [7, 11) is 0. The Morgan fingerprint density at radius 2 is 2.14 bits per heavy atom. The van der Waals surface area contributed by atoms with E-state index in [1.54, 1.807) is 5.56 Å². The predicted octanol–water partition coefficient (Wildman–Crippen LogP) is 4.14. The fraction of sp³-hybridized carbons (Fsp3) is 0.684. The lowest BCUT2D eigenvalue weighted by Crippen LogP contribution is -2.32. The van der Waals surface area contributed by atoms with Crippen molar-refractivity contribution in [3.05, 3.63) is 29.3 Å². The van der Waals surface area contributed by atoms with Gasteiger partial charge in [0, 0.05) is 6.42 Å². The lowest BCUT2D eigenvalue weighted by Gasteiger charge is -2.36. The number of benzene rings is 1. The van der Waals surface area contributed by atoms with Crippen LogP contribution in [0.2, 0.25) is 0 Å². The molecule has 21 heavy (non-hydrogen) atoms. The van der Waals surface area contributed by atoms with E-state index in [-0.39, 0.29) is 0 Å². The Morgan fingerprint density at radius 3 is 2.95 bits per heavy atom. The number of fused-ring (bicyclic) bond motifs is 1. The maximum atomic E-state index is 5.66. The lowest BCUT2D eigenvalue weighted by atomic mass is 9.70. The van der Waals surface area contributed by atoms with Gasteiger partial charge in [0.2, 0.25) is 0 Å². The van der Waals surface area contributed by atoms with Crippen molar-refractivity contribution in [2.24, 2.45) is 11.8 Å². The van der Waals surface area contributed by atoms with Gasteiger partial charge in [-0.05, 0) is 60.9 Å². The predicted molar refractivity (Wildman–Crippen MR) is 88.0 cm³/mol. The monoisotopic (exact) mass is 287 g/mol. The molecule has 2 nitrogen and oxygen atoms in total. The molecule has 0 spiro atoms. The van der Waals surface area contributed by atoms with E-state index in [1.807, 2.05) is 0 Å². The first kappa shape index (κ1) is 14.9. The minimum Gasteiger partial charge on any atom is -0.493 e. The van der Waals surface area contributed by atoms with E-state index in [1.165, 1.54) is 37.8 Å². The fourth-order valence-corrected chi connectivity index (χ4v) is 4.11. The van der Waals surface area contributed by atoms with Crippen molar-refractivity contribution >= 4 is 0 Å². The summed E-state index contributed by atoms with van der Waals surface area (Å²) in [6, 6.07) is 6.97. The topological polar surface area (TPSA) is 21.3 Å². The summed E-state index contributed by atoms with van der Waals surface area (Å²) >= 11 is 0. The fourth-order valence-electron chi connectivity index (χ4n) is 4.11. The first-order chi connectivity index (χ1) is 10.3. The van der Waals surface area contributed by atoms with Crippen LogP contribution in [0.25, 0.3) is 0 Å². The molecule has 1 aliphatic heterocycles. The smallest absolute Gasteiger partial charge is 0.122 e. The van der Waals surface area contributed by atoms with Crippen LogP contribution in [0.4, 0.5) is 0 Å². The molecular weight excluding hydrogens is 258 g/mol. The van der Waals surface area contributed by atoms with Crippen molar-refractivity contribution in [3.63, 3.8) is 0 Å². The van der Waals surface area contributed by atoms with E-state index in [0.29, 0.717) is 0 Å². The molecule has 3 atom stereocenters. The Hall–Kier alpha value is -1.02. The van der Waals surface area contributed by atoms with Crippen LogP contribution in [0, 0.1) is 11.8 Å². The Morgan fingerprint density at radius 1 is 1.24 bits per heavy atom. The van der Waals surface area contributed by atoms with Crippen molar-refractivity contribution in [1.82, 2.24) is 5.32 Å². The molecule has 1 aliphatic carbocycles.